The van der Waals surface area contributed by atoms with E-state index < -0.39 is 23.4 Å². The van der Waals surface area contributed by atoms with Crippen LogP contribution in [0.25, 0.3) is 0 Å². The topological polar surface area (TPSA) is 116 Å². The van der Waals surface area contributed by atoms with Gasteiger partial charge in [-0.05, 0) is 6.07 Å². The van der Waals surface area contributed by atoms with Crippen LogP contribution in [0.2, 0.25) is 0 Å². The Morgan fingerprint density at radius 1 is 1.21 bits per heavy atom. The normalized spacial score (nSPS) is 15.8. The first kappa shape index (κ1) is 20.0. The standard InChI is InChI=1S/C20H18N2O7/c1-28-18-10-15(22(26)27)7-8-16(18)21-11-14(9-19(21)24)20(25)29-12-17(23)13-5-3-2-4-6-13/h2-8,10,14H,9,11-12H2,1H3/t14-/m0/s1. The first-order valence-electron chi connectivity index (χ1n) is 8.78. The SMILES string of the molecule is COc1cc([N+](=O)[O-])ccc1N1C[C@@H](C(=O)OCC(=O)c2ccccc2)CC1=O. The molecule has 0 aromatic heterocycles. The lowest BCUT2D eigenvalue weighted by atomic mass is 10.1. The molecular formula is C20H18N2O7. The molecule has 9 nitrogen and oxygen atoms in total. The zero-order chi connectivity index (χ0) is 21.0. The fourth-order valence-corrected chi connectivity index (χ4v) is 3.06. The highest BCUT2D eigenvalue weighted by Gasteiger charge is 2.37. The van der Waals surface area contributed by atoms with E-state index in [2.05, 4.69) is 0 Å². The summed E-state index contributed by atoms with van der Waals surface area (Å²) >= 11 is 0. The molecule has 2 aromatic rings. The van der Waals surface area contributed by atoms with E-state index in [0.29, 0.717) is 11.3 Å². The fourth-order valence-electron chi connectivity index (χ4n) is 3.06. The number of carbonyl (C=O) groups is 3. The highest BCUT2D eigenvalue weighted by molar-refractivity contribution is 6.01. The number of hydrogen-bond donors (Lipinski definition) is 0. The van der Waals surface area contributed by atoms with Gasteiger partial charge in [0.2, 0.25) is 5.91 Å². The Bertz CT molecular complexity index is 959. The molecule has 1 saturated heterocycles. The van der Waals surface area contributed by atoms with Crippen molar-refractivity contribution >= 4 is 29.0 Å². The molecule has 0 saturated carbocycles. The molecule has 1 amide bonds. The molecule has 1 aliphatic rings. The first-order chi connectivity index (χ1) is 13.9. The molecule has 3 rings (SSSR count). The number of Topliss-reactive ketones (excluding diaryl/α,β-unsaturated/α-hetero) is 1. The molecule has 0 unspecified atom stereocenters. The van der Waals surface area contributed by atoms with E-state index >= 15 is 0 Å². The number of carbonyl (C=O) groups excluding carboxylic acids is 3. The number of nitrogens with zero attached hydrogens (tertiary/aromatic N) is 2. The molecule has 2 aromatic carbocycles. The average molecular weight is 398 g/mol. The van der Waals surface area contributed by atoms with E-state index in [1.165, 1.54) is 30.2 Å². The molecule has 0 N–H and O–H groups in total. The second-order valence-electron chi connectivity index (χ2n) is 6.42. The van der Waals surface area contributed by atoms with Crippen molar-refractivity contribution in [1.82, 2.24) is 0 Å². The maximum atomic E-state index is 12.4. The quantitative estimate of drug-likeness (QED) is 0.304. The van der Waals surface area contributed by atoms with Gasteiger partial charge in [-0.3, -0.25) is 24.5 Å². The Morgan fingerprint density at radius 2 is 1.93 bits per heavy atom. The highest BCUT2D eigenvalue weighted by Crippen LogP contribution is 2.35. The zero-order valence-electron chi connectivity index (χ0n) is 15.6. The van der Waals surface area contributed by atoms with Crippen LogP contribution in [-0.4, -0.2) is 42.8 Å². The third-order valence-electron chi connectivity index (χ3n) is 4.56. The predicted molar refractivity (Wildman–Crippen MR) is 102 cm³/mol. The van der Waals surface area contributed by atoms with Crippen LogP contribution in [-0.2, 0) is 14.3 Å². The summed E-state index contributed by atoms with van der Waals surface area (Å²) in [5, 5.41) is 10.9. The average Bonchev–Trinajstić information content (AvgIpc) is 3.13. The van der Waals surface area contributed by atoms with Crippen molar-refractivity contribution in [2.24, 2.45) is 5.92 Å². The van der Waals surface area contributed by atoms with Gasteiger partial charge in [0.1, 0.15) is 5.75 Å². The molecule has 29 heavy (non-hydrogen) atoms. The molecule has 0 bridgehead atoms. The van der Waals surface area contributed by atoms with Crippen molar-refractivity contribution in [2.75, 3.05) is 25.2 Å². The molecule has 0 spiro atoms. The molecule has 0 aliphatic carbocycles. The molecular weight excluding hydrogens is 380 g/mol. The molecule has 9 heteroatoms. The lowest BCUT2D eigenvalue weighted by molar-refractivity contribution is -0.384. The van der Waals surface area contributed by atoms with Crippen molar-refractivity contribution in [2.45, 2.75) is 6.42 Å². The van der Waals surface area contributed by atoms with Crippen LogP contribution < -0.4 is 9.64 Å². The van der Waals surface area contributed by atoms with Crippen molar-refractivity contribution in [3.8, 4) is 5.75 Å². The third-order valence-corrected chi connectivity index (χ3v) is 4.56. The zero-order valence-corrected chi connectivity index (χ0v) is 15.6. The van der Waals surface area contributed by atoms with E-state index in [4.69, 9.17) is 9.47 Å². The Morgan fingerprint density at radius 3 is 2.59 bits per heavy atom. The first-order valence-corrected chi connectivity index (χ1v) is 8.78. The molecule has 150 valence electrons. The smallest absolute Gasteiger partial charge is 0.311 e. The van der Waals surface area contributed by atoms with E-state index in [1.807, 2.05) is 0 Å². The number of benzene rings is 2. The number of nitro benzene ring substituents is 1. The Balaban J connectivity index is 1.66. The second-order valence-corrected chi connectivity index (χ2v) is 6.42. The van der Waals surface area contributed by atoms with Gasteiger partial charge in [-0.15, -0.1) is 0 Å². The number of nitro groups is 1. The number of ketones is 1. The summed E-state index contributed by atoms with van der Waals surface area (Å²) in [7, 11) is 1.34. The number of esters is 1. The van der Waals surface area contributed by atoms with Crippen molar-refractivity contribution in [1.29, 1.82) is 0 Å². The van der Waals surface area contributed by atoms with E-state index in [1.54, 1.807) is 30.3 Å². The van der Waals surface area contributed by atoms with Gasteiger partial charge in [-0.1, -0.05) is 30.3 Å². The van der Waals surface area contributed by atoms with Crippen LogP contribution in [0.4, 0.5) is 11.4 Å². The van der Waals surface area contributed by atoms with Gasteiger partial charge < -0.3 is 14.4 Å². The van der Waals surface area contributed by atoms with Crippen LogP contribution >= 0.6 is 0 Å². The van der Waals surface area contributed by atoms with Gasteiger partial charge >= 0.3 is 5.97 Å². The minimum atomic E-state index is -0.744. The summed E-state index contributed by atoms with van der Waals surface area (Å²) < 4.78 is 10.3. The van der Waals surface area contributed by atoms with Crippen LogP contribution in [0.15, 0.2) is 48.5 Å². The minimum Gasteiger partial charge on any atom is -0.494 e. The second kappa shape index (κ2) is 8.51. The number of rotatable bonds is 7. The molecule has 1 aliphatic heterocycles. The number of non-ortho nitro benzene ring substituents is 1. The third kappa shape index (κ3) is 4.40. The fraction of sp³-hybridized carbons (Fsp3) is 0.250. The highest BCUT2D eigenvalue weighted by atomic mass is 16.6. The van der Waals surface area contributed by atoms with Gasteiger partial charge in [0.15, 0.2) is 12.4 Å². The van der Waals surface area contributed by atoms with Crippen molar-refractivity contribution in [3.05, 3.63) is 64.2 Å². The maximum absolute atomic E-state index is 12.4. The predicted octanol–water partition coefficient (Wildman–Crippen LogP) is 2.38. The lowest BCUT2D eigenvalue weighted by Gasteiger charge is -2.19. The summed E-state index contributed by atoms with van der Waals surface area (Å²) in [4.78, 5) is 48.5. The minimum absolute atomic E-state index is 0.0331. The number of anilines is 1. The summed E-state index contributed by atoms with van der Waals surface area (Å²) in [6.45, 7) is -0.375. The van der Waals surface area contributed by atoms with Crippen LogP contribution in [0, 0.1) is 16.0 Å². The lowest BCUT2D eigenvalue weighted by Crippen LogP contribution is -2.27. The van der Waals surface area contributed by atoms with Crippen LogP contribution in [0.5, 0.6) is 5.75 Å². The number of amides is 1. The summed E-state index contributed by atoms with van der Waals surface area (Å²) in [5.41, 5.74) is 0.589. The molecule has 1 fully saturated rings. The van der Waals surface area contributed by atoms with Gasteiger partial charge in [0, 0.05) is 24.6 Å². The summed E-state index contributed by atoms with van der Waals surface area (Å²) in [6.07, 6.45) is -0.0848. The van der Waals surface area contributed by atoms with Gasteiger partial charge in [-0.25, -0.2) is 0 Å². The van der Waals surface area contributed by atoms with E-state index in [9.17, 15) is 24.5 Å². The van der Waals surface area contributed by atoms with Crippen LogP contribution in [0.1, 0.15) is 16.8 Å². The Hall–Kier alpha value is -3.75. The van der Waals surface area contributed by atoms with Crippen molar-refractivity contribution < 1.29 is 28.8 Å². The monoisotopic (exact) mass is 398 g/mol. The number of ether oxygens (including phenoxy) is 2. The summed E-state index contributed by atoms with van der Waals surface area (Å²) in [5.74, 6) is -1.91. The summed E-state index contributed by atoms with van der Waals surface area (Å²) in [6, 6.07) is 12.3. The van der Waals surface area contributed by atoms with Gasteiger partial charge in [0.25, 0.3) is 5.69 Å². The molecule has 1 heterocycles. The molecule has 1 atom stereocenters. The number of methoxy groups -OCH3 is 1. The number of hydrogen-bond acceptors (Lipinski definition) is 7. The van der Waals surface area contributed by atoms with Crippen LogP contribution in [0.3, 0.4) is 0 Å². The van der Waals surface area contributed by atoms with Gasteiger partial charge in [-0.2, -0.15) is 0 Å². The van der Waals surface area contributed by atoms with Gasteiger partial charge in [0.05, 0.1) is 29.7 Å². The van der Waals surface area contributed by atoms with E-state index in [0.717, 1.165) is 0 Å². The van der Waals surface area contributed by atoms with Crippen molar-refractivity contribution in [3.63, 3.8) is 0 Å². The largest absolute Gasteiger partial charge is 0.494 e. The van der Waals surface area contributed by atoms with E-state index in [-0.39, 0.29) is 36.1 Å². The Labute approximate surface area is 166 Å². The molecule has 0 radical (unpaired) electrons. The Kier molecular flexibility index (Phi) is 5.87. The maximum Gasteiger partial charge on any atom is 0.311 e.